The average molecular weight is 344 g/mol. The van der Waals surface area contributed by atoms with Crippen molar-refractivity contribution in [3.63, 3.8) is 0 Å². The summed E-state index contributed by atoms with van der Waals surface area (Å²) in [5, 5.41) is 13.3. The number of pyridine rings is 1. The fraction of sp³-hybridized carbons (Fsp3) is 0.353. The highest BCUT2D eigenvalue weighted by Gasteiger charge is 2.14. The van der Waals surface area contributed by atoms with E-state index in [9.17, 15) is 4.79 Å². The monoisotopic (exact) mass is 344 g/mol. The van der Waals surface area contributed by atoms with Gasteiger partial charge in [-0.3, -0.25) is 9.20 Å². The van der Waals surface area contributed by atoms with Crippen molar-refractivity contribution in [3.05, 3.63) is 35.9 Å². The standard InChI is InChI=1S/C17H20N4O2S/c1-11-8-15-19-20-17(21(15)14-7-5-4-6-13(11)14)24-10-16(22)18-12(2)9-23-3/h4-8,12H,9-10H2,1-3H3,(H,18,22)/t12-/m1/s1. The van der Waals surface area contributed by atoms with Gasteiger partial charge >= 0.3 is 0 Å². The van der Waals surface area contributed by atoms with Crippen molar-refractivity contribution in [2.45, 2.75) is 25.0 Å². The molecule has 1 N–H and O–H groups in total. The third kappa shape index (κ3) is 3.37. The number of fused-ring (bicyclic) bond motifs is 3. The lowest BCUT2D eigenvalue weighted by atomic mass is 10.1. The molecule has 0 unspecified atom stereocenters. The Kier molecular flexibility index (Phi) is 5.01. The minimum Gasteiger partial charge on any atom is -0.383 e. The molecule has 0 aliphatic rings. The number of aromatic nitrogens is 3. The number of carbonyl (C=O) groups excluding carboxylic acids is 1. The molecule has 3 rings (SSSR count). The molecule has 3 aromatic rings. The van der Waals surface area contributed by atoms with Crippen LogP contribution in [0.5, 0.6) is 0 Å². The largest absolute Gasteiger partial charge is 0.383 e. The Hall–Kier alpha value is -2.12. The fourth-order valence-electron chi connectivity index (χ4n) is 2.71. The lowest BCUT2D eigenvalue weighted by molar-refractivity contribution is -0.119. The van der Waals surface area contributed by atoms with E-state index in [0.29, 0.717) is 6.61 Å². The quantitative estimate of drug-likeness (QED) is 0.696. The van der Waals surface area contributed by atoms with Gasteiger partial charge in [-0.25, -0.2) is 0 Å². The molecule has 1 aromatic carbocycles. The zero-order valence-corrected chi connectivity index (χ0v) is 14.8. The predicted octanol–water partition coefficient (Wildman–Crippen LogP) is 2.43. The van der Waals surface area contributed by atoms with Crippen molar-refractivity contribution >= 4 is 34.2 Å². The lowest BCUT2D eigenvalue weighted by Crippen LogP contribution is -2.36. The number of aryl methyl sites for hydroxylation is 1. The Labute approximate surface area is 144 Å². The number of hydrogen-bond donors (Lipinski definition) is 1. The van der Waals surface area contributed by atoms with Crippen molar-refractivity contribution in [1.82, 2.24) is 19.9 Å². The van der Waals surface area contributed by atoms with E-state index in [0.717, 1.165) is 27.3 Å². The van der Waals surface area contributed by atoms with Gasteiger partial charge in [-0.1, -0.05) is 30.0 Å². The molecule has 0 radical (unpaired) electrons. The van der Waals surface area contributed by atoms with Crippen LogP contribution in [0.1, 0.15) is 12.5 Å². The summed E-state index contributed by atoms with van der Waals surface area (Å²) < 4.78 is 7.02. The number of para-hydroxylation sites is 1. The smallest absolute Gasteiger partial charge is 0.230 e. The van der Waals surface area contributed by atoms with E-state index in [-0.39, 0.29) is 17.7 Å². The Morgan fingerprint density at radius 2 is 2.17 bits per heavy atom. The maximum atomic E-state index is 12.0. The Balaban J connectivity index is 1.83. The minimum absolute atomic E-state index is 0.0123. The minimum atomic E-state index is -0.0438. The molecule has 2 aromatic heterocycles. The normalized spacial score (nSPS) is 12.6. The number of amides is 1. The number of ether oxygens (including phenoxy) is 1. The highest BCUT2D eigenvalue weighted by molar-refractivity contribution is 7.99. The highest BCUT2D eigenvalue weighted by atomic mass is 32.2. The number of carbonyl (C=O) groups is 1. The molecule has 0 aliphatic heterocycles. The van der Waals surface area contributed by atoms with Crippen LogP contribution in [0.2, 0.25) is 0 Å². The number of nitrogens with zero attached hydrogens (tertiary/aromatic N) is 3. The fourth-order valence-corrected chi connectivity index (χ4v) is 3.47. The Bertz CT molecular complexity index is 878. The van der Waals surface area contributed by atoms with Gasteiger partial charge in [-0.2, -0.15) is 0 Å². The molecule has 0 saturated carbocycles. The van der Waals surface area contributed by atoms with Gasteiger partial charge in [0.1, 0.15) is 0 Å². The molecule has 6 nitrogen and oxygen atoms in total. The zero-order valence-electron chi connectivity index (χ0n) is 13.9. The van der Waals surface area contributed by atoms with Gasteiger partial charge in [-0.15, -0.1) is 10.2 Å². The molecule has 0 spiro atoms. The summed E-state index contributed by atoms with van der Waals surface area (Å²) in [4.78, 5) is 12.0. The van der Waals surface area contributed by atoms with E-state index in [1.54, 1.807) is 7.11 Å². The number of rotatable bonds is 6. The maximum Gasteiger partial charge on any atom is 0.230 e. The second-order valence-electron chi connectivity index (χ2n) is 5.73. The number of hydrogen-bond acceptors (Lipinski definition) is 5. The first kappa shape index (κ1) is 16.7. The van der Waals surface area contributed by atoms with Crippen molar-refractivity contribution in [1.29, 1.82) is 0 Å². The number of nitrogens with one attached hydrogen (secondary N) is 1. The lowest BCUT2D eigenvalue weighted by Gasteiger charge is -2.12. The molecular weight excluding hydrogens is 324 g/mol. The summed E-state index contributed by atoms with van der Waals surface area (Å²) in [6, 6.07) is 10.1. The van der Waals surface area contributed by atoms with Crippen LogP contribution >= 0.6 is 11.8 Å². The summed E-state index contributed by atoms with van der Waals surface area (Å²) in [5.74, 6) is 0.245. The molecule has 1 atom stereocenters. The third-order valence-electron chi connectivity index (χ3n) is 3.73. The van der Waals surface area contributed by atoms with Crippen LogP contribution in [0.25, 0.3) is 16.6 Å². The summed E-state index contributed by atoms with van der Waals surface area (Å²) >= 11 is 1.38. The number of thioether (sulfide) groups is 1. The third-order valence-corrected chi connectivity index (χ3v) is 4.66. The van der Waals surface area contributed by atoms with Crippen LogP contribution in [0.3, 0.4) is 0 Å². The maximum absolute atomic E-state index is 12.0. The zero-order chi connectivity index (χ0) is 17.1. The van der Waals surface area contributed by atoms with Crippen molar-refractivity contribution in [3.8, 4) is 0 Å². The van der Waals surface area contributed by atoms with E-state index in [2.05, 4.69) is 28.5 Å². The molecule has 2 heterocycles. The van der Waals surface area contributed by atoms with Crippen molar-refractivity contribution in [2.24, 2.45) is 0 Å². The average Bonchev–Trinajstić information content (AvgIpc) is 2.96. The molecule has 7 heteroatoms. The van der Waals surface area contributed by atoms with Crippen LogP contribution in [-0.4, -0.2) is 46.0 Å². The molecule has 0 bridgehead atoms. The van der Waals surface area contributed by atoms with E-state index < -0.39 is 0 Å². The first-order chi connectivity index (χ1) is 11.6. The second-order valence-corrected chi connectivity index (χ2v) is 6.68. The molecule has 0 aliphatic carbocycles. The molecule has 0 fully saturated rings. The van der Waals surface area contributed by atoms with E-state index in [1.807, 2.05) is 35.6 Å². The van der Waals surface area contributed by atoms with Gasteiger partial charge in [0.05, 0.1) is 17.9 Å². The van der Waals surface area contributed by atoms with E-state index in [1.165, 1.54) is 11.8 Å². The van der Waals surface area contributed by atoms with Gasteiger partial charge in [0.25, 0.3) is 0 Å². The van der Waals surface area contributed by atoms with Crippen LogP contribution in [-0.2, 0) is 9.53 Å². The highest BCUT2D eigenvalue weighted by Crippen LogP contribution is 2.25. The second kappa shape index (κ2) is 7.19. The molecular formula is C17H20N4O2S. The Morgan fingerprint density at radius 3 is 2.96 bits per heavy atom. The van der Waals surface area contributed by atoms with Gasteiger partial charge in [0.15, 0.2) is 10.8 Å². The Morgan fingerprint density at radius 1 is 1.38 bits per heavy atom. The number of benzene rings is 1. The molecule has 126 valence electrons. The van der Waals surface area contributed by atoms with Crippen molar-refractivity contribution in [2.75, 3.05) is 19.5 Å². The van der Waals surface area contributed by atoms with Crippen LogP contribution in [0.15, 0.2) is 35.5 Å². The first-order valence-corrected chi connectivity index (χ1v) is 8.73. The van der Waals surface area contributed by atoms with E-state index >= 15 is 0 Å². The molecule has 24 heavy (non-hydrogen) atoms. The topological polar surface area (TPSA) is 68.5 Å². The summed E-state index contributed by atoms with van der Waals surface area (Å²) in [6.45, 7) is 4.47. The van der Waals surface area contributed by atoms with Gasteiger partial charge < -0.3 is 10.1 Å². The van der Waals surface area contributed by atoms with E-state index in [4.69, 9.17) is 4.74 Å². The van der Waals surface area contributed by atoms with Crippen LogP contribution in [0, 0.1) is 6.92 Å². The van der Waals surface area contributed by atoms with Crippen molar-refractivity contribution < 1.29 is 9.53 Å². The summed E-state index contributed by atoms with van der Waals surface area (Å²) in [5.41, 5.74) is 3.00. The molecule has 0 saturated heterocycles. The van der Waals surface area contributed by atoms with Crippen LogP contribution in [0.4, 0.5) is 0 Å². The van der Waals surface area contributed by atoms with Gasteiger partial charge in [0, 0.05) is 18.5 Å². The SMILES string of the molecule is COC[C@@H](C)NC(=O)CSc1nnc2cc(C)c3ccccc3n12. The van der Waals surface area contributed by atoms with Gasteiger partial charge in [-0.05, 0) is 31.5 Å². The van der Waals surface area contributed by atoms with Crippen LogP contribution < -0.4 is 5.32 Å². The summed E-state index contributed by atoms with van der Waals surface area (Å²) in [7, 11) is 1.62. The molecule has 1 amide bonds. The summed E-state index contributed by atoms with van der Waals surface area (Å²) in [6.07, 6.45) is 0. The first-order valence-electron chi connectivity index (χ1n) is 7.74. The van der Waals surface area contributed by atoms with Gasteiger partial charge in [0.2, 0.25) is 5.91 Å². The number of methoxy groups -OCH3 is 1. The predicted molar refractivity (Wildman–Crippen MR) is 95.4 cm³/mol.